The maximum Gasteiger partial charge on any atom is 0.303 e. The van der Waals surface area contributed by atoms with Crippen LogP contribution < -0.4 is 21.3 Å². The number of unbranched alkanes of at least 4 members (excludes halogenated alkanes) is 16. The summed E-state index contributed by atoms with van der Waals surface area (Å²) < 4.78 is 0. The van der Waals surface area contributed by atoms with Gasteiger partial charge in [-0.3, -0.25) is 10.2 Å². The predicted molar refractivity (Wildman–Crippen MR) is 155 cm³/mol. The van der Waals surface area contributed by atoms with Crippen molar-refractivity contribution in [2.75, 3.05) is 33.2 Å². The lowest BCUT2D eigenvalue weighted by atomic mass is 10.0. The van der Waals surface area contributed by atoms with Gasteiger partial charge in [-0.25, -0.2) is 0 Å². The van der Waals surface area contributed by atoms with E-state index in [1.54, 1.807) is 7.05 Å². The number of hydrogen-bond donors (Lipinski definition) is 6. The number of guanidine groups is 1. The van der Waals surface area contributed by atoms with Crippen molar-refractivity contribution in [1.29, 1.82) is 5.41 Å². The molecule has 0 amide bonds. The molecule has 0 aliphatic carbocycles. The standard InChI is InChI=1S/C29H61N5O2/c1-27(21-20-24-34-29(30)31-2)33-26-25-32-23-19-17-15-13-11-9-7-5-3-4-6-8-10-12-14-16-18-22-28(35)36/h27,32-33H,3-26H2,1-2H3,(H,35,36)(H3,30,31,34). The fourth-order valence-corrected chi connectivity index (χ4v) is 4.52. The number of nitrogens with one attached hydrogen (secondary N) is 5. The molecule has 0 aromatic rings. The summed E-state index contributed by atoms with van der Waals surface area (Å²) in [4.78, 5) is 10.5. The molecule has 0 saturated carbocycles. The largest absolute Gasteiger partial charge is 0.481 e. The van der Waals surface area contributed by atoms with Crippen molar-refractivity contribution in [3.63, 3.8) is 0 Å². The lowest BCUT2D eigenvalue weighted by molar-refractivity contribution is -0.137. The van der Waals surface area contributed by atoms with Gasteiger partial charge in [-0.2, -0.15) is 0 Å². The van der Waals surface area contributed by atoms with Gasteiger partial charge in [0.05, 0.1) is 0 Å². The van der Waals surface area contributed by atoms with Gasteiger partial charge in [0.15, 0.2) is 5.96 Å². The van der Waals surface area contributed by atoms with Crippen LogP contribution in [0.1, 0.15) is 135 Å². The maximum absolute atomic E-state index is 10.5. The molecule has 0 aliphatic rings. The van der Waals surface area contributed by atoms with Gasteiger partial charge in [0, 0.05) is 39.1 Å². The minimum absolute atomic E-state index is 0.335. The van der Waals surface area contributed by atoms with Gasteiger partial charge in [0.25, 0.3) is 0 Å². The molecule has 0 heterocycles. The average molecular weight is 512 g/mol. The maximum atomic E-state index is 10.5. The Morgan fingerprint density at radius 2 is 1.14 bits per heavy atom. The monoisotopic (exact) mass is 511 g/mol. The first-order chi connectivity index (χ1) is 17.6. The summed E-state index contributed by atoms with van der Waals surface area (Å²) in [5, 5.41) is 29.1. The molecule has 7 heteroatoms. The second-order valence-corrected chi connectivity index (χ2v) is 10.5. The van der Waals surface area contributed by atoms with Crippen LogP contribution in [0.3, 0.4) is 0 Å². The Bertz CT molecular complexity index is 490. The Hall–Kier alpha value is -1.34. The smallest absolute Gasteiger partial charge is 0.303 e. The number of carboxylic acid groups (broad SMARTS) is 1. The van der Waals surface area contributed by atoms with Gasteiger partial charge in [0.1, 0.15) is 0 Å². The number of carbonyl (C=O) groups is 1. The van der Waals surface area contributed by atoms with Crippen LogP contribution in [0.15, 0.2) is 0 Å². The predicted octanol–water partition coefficient (Wildman–Crippen LogP) is 6.18. The molecule has 7 nitrogen and oxygen atoms in total. The molecule has 6 N–H and O–H groups in total. The third-order valence-corrected chi connectivity index (χ3v) is 6.90. The van der Waals surface area contributed by atoms with Crippen molar-refractivity contribution in [2.45, 2.75) is 141 Å². The normalized spacial score (nSPS) is 11.9. The highest BCUT2D eigenvalue weighted by Gasteiger charge is 2.01. The van der Waals surface area contributed by atoms with Crippen LogP contribution in [-0.4, -0.2) is 56.3 Å². The molecule has 1 atom stereocenters. The van der Waals surface area contributed by atoms with Gasteiger partial charge < -0.3 is 26.4 Å². The Balaban J connectivity index is 3.13. The summed E-state index contributed by atoms with van der Waals surface area (Å²) in [6.07, 6.45) is 24.8. The zero-order valence-corrected chi connectivity index (χ0v) is 23.9. The molecule has 0 radical (unpaired) electrons. The molecule has 36 heavy (non-hydrogen) atoms. The Morgan fingerprint density at radius 1 is 0.667 bits per heavy atom. The Morgan fingerprint density at radius 3 is 1.61 bits per heavy atom. The SMILES string of the molecule is CNC(=N)NCCCC(C)NCCNCCCCCCCCCCCCCCCCCCCC(=O)O. The minimum atomic E-state index is -0.658. The Labute approximate surface area is 223 Å². The van der Waals surface area contributed by atoms with Gasteiger partial charge >= 0.3 is 5.97 Å². The van der Waals surface area contributed by atoms with E-state index in [1.807, 2.05) is 0 Å². The molecule has 0 aromatic carbocycles. The zero-order valence-electron chi connectivity index (χ0n) is 23.9. The van der Waals surface area contributed by atoms with Gasteiger partial charge in [-0.05, 0) is 39.2 Å². The molecule has 0 rings (SSSR count). The number of aliphatic carboxylic acids is 1. The summed E-state index contributed by atoms with van der Waals surface area (Å²) in [5.41, 5.74) is 0. The first kappa shape index (κ1) is 34.7. The quantitative estimate of drug-likeness (QED) is 0.0425. The molecular weight excluding hydrogens is 450 g/mol. The lowest BCUT2D eigenvalue weighted by Gasteiger charge is -2.14. The molecule has 0 saturated heterocycles. The first-order valence-corrected chi connectivity index (χ1v) is 15.2. The van der Waals surface area contributed by atoms with Crippen molar-refractivity contribution in [3.05, 3.63) is 0 Å². The summed E-state index contributed by atoms with van der Waals surface area (Å²) in [6.45, 7) is 6.30. The van der Waals surface area contributed by atoms with E-state index >= 15 is 0 Å². The topological polar surface area (TPSA) is 109 Å². The van der Waals surface area contributed by atoms with Crippen LogP contribution in [0, 0.1) is 5.41 Å². The van der Waals surface area contributed by atoms with Gasteiger partial charge in [-0.15, -0.1) is 0 Å². The van der Waals surface area contributed by atoms with E-state index in [9.17, 15) is 4.79 Å². The summed E-state index contributed by atoms with van der Waals surface area (Å²) in [7, 11) is 1.76. The highest BCUT2D eigenvalue weighted by atomic mass is 16.4. The second-order valence-electron chi connectivity index (χ2n) is 10.5. The van der Waals surface area contributed by atoms with E-state index in [0.717, 1.165) is 51.9 Å². The van der Waals surface area contributed by atoms with Gasteiger partial charge in [-0.1, -0.05) is 96.3 Å². The van der Waals surface area contributed by atoms with E-state index in [0.29, 0.717) is 18.4 Å². The minimum Gasteiger partial charge on any atom is -0.481 e. The van der Waals surface area contributed by atoms with Crippen LogP contribution >= 0.6 is 0 Å². The molecule has 0 aliphatic heterocycles. The van der Waals surface area contributed by atoms with Gasteiger partial charge in [0.2, 0.25) is 0 Å². The highest BCUT2D eigenvalue weighted by Crippen LogP contribution is 2.14. The molecule has 1 unspecified atom stereocenters. The van der Waals surface area contributed by atoms with E-state index in [2.05, 4.69) is 28.2 Å². The average Bonchev–Trinajstić information content (AvgIpc) is 2.86. The summed E-state index contributed by atoms with van der Waals surface area (Å²) >= 11 is 0. The van der Waals surface area contributed by atoms with Crippen molar-refractivity contribution in [1.82, 2.24) is 21.3 Å². The van der Waals surface area contributed by atoms with Crippen molar-refractivity contribution in [3.8, 4) is 0 Å². The van der Waals surface area contributed by atoms with Crippen LogP contribution in [0.5, 0.6) is 0 Å². The Kier molecular flexibility index (Phi) is 27.2. The number of carboxylic acids is 1. The third-order valence-electron chi connectivity index (χ3n) is 6.90. The molecule has 0 bridgehead atoms. The highest BCUT2D eigenvalue weighted by molar-refractivity contribution is 5.75. The van der Waals surface area contributed by atoms with Crippen molar-refractivity contribution < 1.29 is 9.90 Å². The van der Waals surface area contributed by atoms with Crippen LogP contribution in [0.4, 0.5) is 0 Å². The molecule has 0 aromatic heterocycles. The van der Waals surface area contributed by atoms with E-state index in [-0.39, 0.29) is 0 Å². The van der Waals surface area contributed by atoms with E-state index in [1.165, 1.54) is 96.3 Å². The molecule has 0 spiro atoms. The summed E-state index contributed by atoms with van der Waals surface area (Å²) in [5.74, 6) is -0.261. The number of hydrogen-bond acceptors (Lipinski definition) is 4. The fourth-order valence-electron chi connectivity index (χ4n) is 4.52. The summed E-state index contributed by atoms with van der Waals surface area (Å²) in [6, 6.07) is 0.525. The zero-order chi connectivity index (χ0) is 26.5. The van der Waals surface area contributed by atoms with Crippen LogP contribution in [-0.2, 0) is 4.79 Å². The second kappa shape index (κ2) is 28.2. The van der Waals surface area contributed by atoms with Crippen LogP contribution in [0.25, 0.3) is 0 Å². The van der Waals surface area contributed by atoms with Crippen molar-refractivity contribution in [2.24, 2.45) is 0 Å². The molecule has 214 valence electrons. The van der Waals surface area contributed by atoms with E-state index in [4.69, 9.17) is 10.5 Å². The molecule has 0 fully saturated rings. The van der Waals surface area contributed by atoms with Crippen molar-refractivity contribution >= 4 is 11.9 Å². The first-order valence-electron chi connectivity index (χ1n) is 15.2. The van der Waals surface area contributed by atoms with Crippen LogP contribution in [0.2, 0.25) is 0 Å². The van der Waals surface area contributed by atoms with E-state index < -0.39 is 5.97 Å². The third kappa shape index (κ3) is 28.9. The fraction of sp³-hybridized carbons (Fsp3) is 0.931. The number of rotatable bonds is 28. The molecular formula is C29H61N5O2. The lowest BCUT2D eigenvalue weighted by Crippen LogP contribution is -2.36.